The maximum atomic E-state index is 12.0. The molecule has 82 valence electrons. The number of aryl methyl sites for hydroxylation is 1. The second kappa shape index (κ2) is 4.18. The van der Waals surface area contributed by atoms with Crippen LogP contribution in [-0.4, -0.2) is 22.4 Å². The summed E-state index contributed by atoms with van der Waals surface area (Å²) >= 11 is 0. The molecule has 4 nitrogen and oxygen atoms in total. The number of carbonyl (C=O) groups excluding carboxylic acids is 1. The average Bonchev–Trinajstić information content (AvgIpc) is 2.75. The molecule has 1 aromatic carbocycles. The maximum Gasteiger partial charge on any atom is 0.213 e. The van der Waals surface area contributed by atoms with E-state index in [9.17, 15) is 4.79 Å². The van der Waals surface area contributed by atoms with Crippen LogP contribution in [0.1, 0.15) is 16.1 Å². The van der Waals surface area contributed by atoms with Gasteiger partial charge in [-0.2, -0.15) is 0 Å². The third-order valence-corrected chi connectivity index (χ3v) is 2.27. The molecule has 4 heteroatoms. The van der Waals surface area contributed by atoms with Crippen molar-refractivity contribution in [1.29, 1.82) is 0 Å². The highest BCUT2D eigenvalue weighted by molar-refractivity contribution is 6.07. The molecule has 0 spiro atoms. The van der Waals surface area contributed by atoms with E-state index >= 15 is 0 Å². The maximum absolute atomic E-state index is 12.0. The van der Waals surface area contributed by atoms with Gasteiger partial charge >= 0.3 is 0 Å². The molecule has 0 unspecified atom stereocenters. The number of ether oxygens (including phenoxy) is 1. The van der Waals surface area contributed by atoms with Gasteiger partial charge in [-0.1, -0.05) is 12.1 Å². The number of nitrogens with zero attached hydrogens (tertiary/aromatic N) is 2. The Morgan fingerprint density at radius 2 is 2.25 bits per heavy atom. The van der Waals surface area contributed by atoms with E-state index in [4.69, 9.17) is 4.74 Å². The summed E-state index contributed by atoms with van der Waals surface area (Å²) in [6.07, 6.45) is 3.30. The summed E-state index contributed by atoms with van der Waals surface area (Å²) in [6, 6.07) is 7.04. The van der Waals surface area contributed by atoms with Crippen LogP contribution in [0.3, 0.4) is 0 Å². The number of hydrogen-bond acceptors (Lipinski definition) is 3. The highest BCUT2D eigenvalue weighted by atomic mass is 16.5. The minimum Gasteiger partial charge on any atom is -0.497 e. The van der Waals surface area contributed by atoms with E-state index in [2.05, 4.69) is 4.98 Å². The number of imidazole rings is 1. The molecule has 0 saturated heterocycles. The van der Waals surface area contributed by atoms with Gasteiger partial charge in [-0.05, 0) is 12.1 Å². The van der Waals surface area contributed by atoms with Crippen molar-refractivity contribution in [3.8, 4) is 5.75 Å². The predicted octanol–water partition coefficient (Wildman–Crippen LogP) is 1.66. The molecule has 1 heterocycles. The summed E-state index contributed by atoms with van der Waals surface area (Å²) < 4.78 is 6.81. The van der Waals surface area contributed by atoms with E-state index in [0.717, 1.165) is 0 Å². The summed E-state index contributed by atoms with van der Waals surface area (Å²) in [5.74, 6) is 0.571. The van der Waals surface area contributed by atoms with Gasteiger partial charge in [0.05, 0.1) is 13.4 Å². The molecule has 0 aliphatic carbocycles. The van der Waals surface area contributed by atoms with Crippen molar-refractivity contribution in [2.24, 2.45) is 7.05 Å². The van der Waals surface area contributed by atoms with E-state index in [1.807, 2.05) is 7.05 Å². The Balaban J connectivity index is 2.33. The van der Waals surface area contributed by atoms with Gasteiger partial charge < -0.3 is 9.30 Å². The van der Waals surface area contributed by atoms with Crippen molar-refractivity contribution in [2.75, 3.05) is 7.11 Å². The molecule has 0 N–H and O–H groups in total. The molecule has 0 atom stereocenters. The van der Waals surface area contributed by atoms with Gasteiger partial charge in [-0.25, -0.2) is 4.98 Å². The number of methoxy groups -OCH3 is 1. The summed E-state index contributed by atoms with van der Waals surface area (Å²) in [5, 5.41) is 0. The molecule has 0 aliphatic heterocycles. The van der Waals surface area contributed by atoms with Gasteiger partial charge in [-0.3, -0.25) is 4.79 Å². The normalized spacial score (nSPS) is 10.1. The quantitative estimate of drug-likeness (QED) is 0.733. The summed E-state index contributed by atoms with van der Waals surface area (Å²) in [6.45, 7) is 0. The summed E-state index contributed by atoms with van der Waals surface area (Å²) in [7, 11) is 3.40. The van der Waals surface area contributed by atoms with Gasteiger partial charge in [0.1, 0.15) is 11.4 Å². The largest absolute Gasteiger partial charge is 0.497 e. The Labute approximate surface area is 93.5 Å². The summed E-state index contributed by atoms with van der Waals surface area (Å²) in [5.41, 5.74) is 1.02. The second-order valence-electron chi connectivity index (χ2n) is 3.49. The first-order valence-corrected chi connectivity index (χ1v) is 4.87. The van der Waals surface area contributed by atoms with E-state index < -0.39 is 0 Å². The molecule has 0 saturated carbocycles. The molecule has 0 bridgehead atoms. The number of carbonyl (C=O) groups is 1. The fourth-order valence-corrected chi connectivity index (χ4v) is 1.44. The van der Waals surface area contributed by atoms with Crippen molar-refractivity contribution in [3.05, 3.63) is 48.0 Å². The third kappa shape index (κ3) is 1.95. The van der Waals surface area contributed by atoms with Crippen LogP contribution in [0, 0.1) is 0 Å². The third-order valence-electron chi connectivity index (χ3n) is 2.27. The second-order valence-corrected chi connectivity index (χ2v) is 3.49. The van der Waals surface area contributed by atoms with E-state index in [1.165, 1.54) is 0 Å². The lowest BCUT2D eigenvalue weighted by molar-refractivity contribution is 0.103. The minimum absolute atomic E-state index is 0.0977. The van der Waals surface area contributed by atoms with Gasteiger partial charge in [0, 0.05) is 18.8 Å². The Morgan fingerprint density at radius 1 is 1.44 bits per heavy atom. The van der Waals surface area contributed by atoms with Crippen molar-refractivity contribution in [3.63, 3.8) is 0 Å². The van der Waals surface area contributed by atoms with Crippen LogP contribution in [0.2, 0.25) is 0 Å². The van der Waals surface area contributed by atoms with E-state index in [-0.39, 0.29) is 5.78 Å². The van der Waals surface area contributed by atoms with Crippen molar-refractivity contribution < 1.29 is 9.53 Å². The number of aromatic nitrogens is 2. The lowest BCUT2D eigenvalue weighted by atomic mass is 10.1. The van der Waals surface area contributed by atoms with Crippen LogP contribution >= 0.6 is 0 Å². The van der Waals surface area contributed by atoms with Crippen LogP contribution in [0.25, 0.3) is 0 Å². The monoisotopic (exact) mass is 216 g/mol. The molecule has 0 radical (unpaired) electrons. The van der Waals surface area contributed by atoms with Gasteiger partial charge in [0.25, 0.3) is 0 Å². The van der Waals surface area contributed by atoms with Crippen LogP contribution < -0.4 is 4.74 Å². The number of ketones is 1. The lowest BCUT2D eigenvalue weighted by Gasteiger charge is -2.01. The number of rotatable bonds is 3. The number of hydrogen-bond donors (Lipinski definition) is 0. The van der Waals surface area contributed by atoms with Crippen molar-refractivity contribution >= 4 is 5.78 Å². The SMILES string of the molecule is COc1cccc(C(=O)c2cn(C)cn2)c1. The molecular formula is C12H12N2O2. The fraction of sp³-hybridized carbons (Fsp3) is 0.167. The fourth-order valence-electron chi connectivity index (χ4n) is 1.44. The molecule has 16 heavy (non-hydrogen) atoms. The smallest absolute Gasteiger partial charge is 0.213 e. The van der Waals surface area contributed by atoms with Crippen LogP contribution in [0.4, 0.5) is 0 Å². The Morgan fingerprint density at radius 3 is 2.88 bits per heavy atom. The molecule has 2 aromatic rings. The zero-order chi connectivity index (χ0) is 11.5. The van der Waals surface area contributed by atoms with Crippen molar-refractivity contribution in [1.82, 2.24) is 9.55 Å². The van der Waals surface area contributed by atoms with Crippen LogP contribution in [0.15, 0.2) is 36.8 Å². The Bertz CT molecular complexity index is 517. The predicted molar refractivity (Wildman–Crippen MR) is 59.6 cm³/mol. The Hall–Kier alpha value is -2.10. The molecule has 2 rings (SSSR count). The highest BCUT2D eigenvalue weighted by Gasteiger charge is 2.11. The first kappa shape index (κ1) is 10.4. The standard InChI is InChI=1S/C12H12N2O2/c1-14-7-11(13-8-14)12(15)9-4-3-5-10(6-9)16-2/h3-8H,1-2H3. The highest BCUT2D eigenvalue weighted by Crippen LogP contribution is 2.15. The lowest BCUT2D eigenvalue weighted by Crippen LogP contribution is -2.01. The molecule has 0 aliphatic rings. The van der Waals surface area contributed by atoms with Crippen LogP contribution in [0.5, 0.6) is 5.75 Å². The number of benzene rings is 1. The van der Waals surface area contributed by atoms with E-state index in [0.29, 0.717) is 17.0 Å². The van der Waals surface area contributed by atoms with Gasteiger partial charge in [-0.15, -0.1) is 0 Å². The Kier molecular flexibility index (Phi) is 2.72. The zero-order valence-corrected chi connectivity index (χ0v) is 9.18. The molecule has 0 fully saturated rings. The van der Waals surface area contributed by atoms with E-state index in [1.54, 1.807) is 48.5 Å². The first-order valence-electron chi connectivity index (χ1n) is 4.87. The minimum atomic E-state index is -0.0977. The van der Waals surface area contributed by atoms with Gasteiger partial charge in [0.15, 0.2) is 0 Å². The molecular weight excluding hydrogens is 204 g/mol. The van der Waals surface area contributed by atoms with Crippen molar-refractivity contribution in [2.45, 2.75) is 0 Å². The molecule has 0 amide bonds. The summed E-state index contributed by atoms with van der Waals surface area (Å²) in [4.78, 5) is 16.0. The molecule has 1 aromatic heterocycles. The first-order chi connectivity index (χ1) is 7.70. The zero-order valence-electron chi connectivity index (χ0n) is 9.18. The average molecular weight is 216 g/mol. The van der Waals surface area contributed by atoms with Gasteiger partial charge in [0.2, 0.25) is 5.78 Å². The van der Waals surface area contributed by atoms with Crippen LogP contribution in [-0.2, 0) is 7.05 Å². The topological polar surface area (TPSA) is 44.1 Å².